The fourth-order valence-electron chi connectivity index (χ4n) is 2.31. The number of piperidine rings is 1. The number of hydrogen-bond donors (Lipinski definition) is 1. The number of ether oxygens (including phenoxy) is 1. The summed E-state index contributed by atoms with van der Waals surface area (Å²) in [6.45, 7) is 2.31. The van der Waals surface area contributed by atoms with E-state index in [1.54, 1.807) is 0 Å². The monoisotopic (exact) mass is 183 g/mol. The van der Waals surface area contributed by atoms with E-state index < -0.39 is 0 Å². The SMILES string of the molecule is O=C1NCCCC12CCCCOC2. The number of hydrogen-bond acceptors (Lipinski definition) is 2. The second-order valence-corrected chi connectivity index (χ2v) is 4.15. The van der Waals surface area contributed by atoms with E-state index in [-0.39, 0.29) is 11.3 Å². The molecule has 0 aromatic rings. The van der Waals surface area contributed by atoms with Gasteiger partial charge in [-0.3, -0.25) is 4.79 Å². The van der Waals surface area contributed by atoms with Crippen LogP contribution < -0.4 is 5.32 Å². The predicted octanol–water partition coefficient (Wildman–Crippen LogP) is 1.08. The van der Waals surface area contributed by atoms with Crippen LogP contribution in [0.2, 0.25) is 0 Å². The Bertz CT molecular complexity index is 195. The van der Waals surface area contributed by atoms with E-state index in [0.717, 1.165) is 45.3 Å². The Morgan fingerprint density at radius 2 is 2.08 bits per heavy atom. The first kappa shape index (κ1) is 9.00. The average Bonchev–Trinajstić information content (AvgIpc) is 2.37. The zero-order valence-electron chi connectivity index (χ0n) is 7.97. The summed E-state index contributed by atoms with van der Waals surface area (Å²) < 4.78 is 5.50. The molecule has 0 bridgehead atoms. The second-order valence-electron chi connectivity index (χ2n) is 4.15. The maximum atomic E-state index is 11.7. The van der Waals surface area contributed by atoms with E-state index in [9.17, 15) is 4.79 Å². The van der Waals surface area contributed by atoms with E-state index in [0.29, 0.717) is 6.61 Å². The topological polar surface area (TPSA) is 38.3 Å². The van der Waals surface area contributed by atoms with Gasteiger partial charge in [-0.1, -0.05) is 0 Å². The van der Waals surface area contributed by atoms with Crippen molar-refractivity contribution in [3.05, 3.63) is 0 Å². The van der Waals surface area contributed by atoms with Crippen molar-refractivity contribution in [2.24, 2.45) is 5.41 Å². The molecular weight excluding hydrogens is 166 g/mol. The molecule has 1 unspecified atom stereocenters. The van der Waals surface area contributed by atoms with Gasteiger partial charge in [0.1, 0.15) is 0 Å². The van der Waals surface area contributed by atoms with Crippen LogP contribution in [0.4, 0.5) is 0 Å². The molecule has 2 fully saturated rings. The van der Waals surface area contributed by atoms with Crippen molar-refractivity contribution in [3.63, 3.8) is 0 Å². The van der Waals surface area contributed by atoms with Crippen LogP contribution in [0.5, 0.6) is 0 Å². The van der Waals surface area contributed by atoms with E-state index in [4.69, 9.17) is 4.74 Å². The predicted molar refractivity (Wildman–Crippen MR) is 49.3 cm³/mol. The lowest BCUT2D eigenvalue weighted by molar-refractivity contribution is -0.137. The Labute approximate surface area is 78.8 Å². The number of carbonyl (C=O) groups excluding carboxylic acids is 1. The first-order valence-electron chi connectivity index (χ1n) is 5.20. The molecule has 0 aromatic carbocycles. The van der Waals surface area contributed by atoms with Crippen LogP contribution in [0.25, 0.3) is 0 Å². The largest absolute Gasteiger partial charge is 0.380 e. The molecule has 3 heteroatoms. The third kappa shape index (κ3) is 1.70. The number of carbonyl (C=O) groups is 1. The Kier molecular flexibility index (Phi) is 2.54. The molecule has 1 spiro atoms. The summed E-state index contributed by atoms with van der Waals surface area (Å²) >= 11 is 0. The molecule has 2 heterocycles. The fourth-order valence-corrected chi connectivity index (χ4v) is 2.31. The normalized spacial score (nSPS) is 35.5. The van der Waals surface area contributed by atoms with Crippen LogP contribution in [0.15, 0.2) is 0 Å². The molecule has 1 atom stereocenters. The van der Waals surface area contributed by atoms with E-state index in [1.165, 1.54) is 0 Å². The zero-order chi connectivity index (χ0) is 9.15. The molecule has 2 saturated heterocycles. The first-order valence-corrected chi connectivity index (χ1v) is 5.20. The van der Waals surface area contributed by atoms with E-state index in [2.05, 4.69) is 5.32 Å². The molecular formula is C10H17NO2. The van der Waals surface area contributed by atoms with Gasteiger partial charge in [-0.05, 0) is 32.1 Å². The van der Waals surface area contributed by atoms with Crippen LogP contribution in [0, 0.1) is 5.41 Å². The summed E-state index contributed by atoms with van der Waals surface area (Å²) in [4.78, 5) is 11.7. The average molecular weight is 183 g/mol. The van der Waals surface area contributed by atoms with Crippen molar-refractivity contribution in [3.8, 4) is 0 Å². The van der Waals surface area contributed by atoms with Gasteiger partial charge in [-0.2, -0.15) is 0 Å². The Balaban J connectivity index is 2.09. The van der Waals surface area contributed by atoms with Gasteiger partial charge < -0.3 is 10.1 Å². The van der Waals surface area contributed by atoms with Crippen molar-refractivity contribution in [2.45, 2.75) is 32.1 Å². The summed E-state index contributed by atoms with van der Waals surface area (Å²) in [5.74, 6) is 0.223. The zero-order valence-corrected chi connectivity index (χ0v) is 7.97. The third-order valence-corrected chi connectivity index (χ3v) is 3.17. The Morgan fingerprint density at radius 3 is 2.92 bits per heavy atom. The molecule has 3 nitrogen and oxygen atoms in total. The van der Waals surface area contributed by atoms with Crippen molar-refractivity contribution in [1.29, 1.82) is 0 Å². The molecule has 0 saturated carbocycles. The van der Waals surface area contributed by atoms with Crippen LogP contribution in [-0.4, -0.2) is 25.7 Å². The molecule has 0 radical (unpaired) electrons. The highest BCUT2D eigenvalue weighted by atomic mass is 16.5. The number of nitrogens with one attached hydrogen (secondary N) is 1. The van der Waals surface area contributed by atoms with Crippen molar-refractivity contribution < 1.29 is 9.53 Å². The Morgan fingerprint density at radius 1 is 1.23 bits per heavy atom. The van der Waals surface area contributed by atoms with Gasteiger partial charge in [-0.25, -0.2) is 0 Å². The molecule has 1 N–H and O–H groups in total. The van der Waals surface area contributed by atoms with Gasteiger partial charge in [0.05, 0.1) is 12.0 Å². The molecule has 0 aromatic heterocycles. The van der Waals surface area contributed by atoms with Gasteiger partial charge in [0.15, 0.2) is 0 Å². The van der Waals surface area contributed by atoms with Gasteiger partial charge in [0.25, 0.3) is 0 Å². The summed E-state index contributed by atoms with van der Waals surface area (Å²) in [6.07, 6.45) is 5.37. The van der Waals surface area contributed by atoms with Gasteiger partial charge in [0.2, 0.25) is 5.91 Å². The van der Waals surface area contributed by atoms with Gasteiger partial charge >= 0.3 is 0 Å². The molecule has 2 aliphatic heterocycles. The van der Waals surface area contributed by atoms with Crippen molar-refractivity contribution in [1.82, 2.24) is 5.32 Å². The maximum Gasteiger partial charge on any atom is 0.228 e. The number of amides is 1. The quantitative estimate of drug-likeness (QED) is 0.610. The van der Waals surface area contributed by atoms with Crippen LogP contribution >= 0.6 is 0 Å². The fraction of sp³-hybridized carbons (Fsp3) is 0.900. The smallest absolute Gasteiger partial charge is 0.228 e. The van der Waals surface area contributed by atoms with Gasteiger partial charge in [-0.15, -0.1) is 0 Å². The third-order valence-electron chi connectivity index (χ3n) is 3.17. The van der Waals surface area contributed by atoms with Gasteiger partial charge in [0, 0.05) is 13.2 Å². The summed E-state index contributed by atoms with van der Waals surface area (Å²) in [6, 6.07) is 0. The molecule has 13 heavy (non-hydrogen) atoms. The maximum absolute atomic E-state index is 11.7. The van der Waals surface area contributed by atoms with E-state index >= 15 is 0 Å². The lowest BCUT2D eigenvalue weighted by atomic mass is 9.77. The highest BCUT2D eigenvalue weighted by Crippen LogP contribution is 2.35. The summed E-state index contributed by atoms with van der Waals surface area (Å²) in [7, 11) is 0. The standard InChI is InChI=1S/C10H17NO2/c12-9-10(5-3-6-11-9)4-1-2-7-13-8-10/h1-8H2,(H,11,12). The summed E-state index contributed by atoms with van der Waals surface area (Å²) in [5.41, 5.74) is -0.172. The molecule has 2 rings (SSSR count). The van der Waals surface area contributed by atoms with Crippen LogP contribution in [0.3, 0.4) is 0 Å². The highest BCUT2D eigenvalue weighted by Gasteiger charge is 2.40. The molecule has 0 aliphatic carbocycles. The number of rotatable bonds is 0. The van der Waals surface area contributed by atoms with Crippen LogP contribution in [-0.2, 0) is 9.53 Å². The van der Waals surface area contributed by atoms with Crippen LogP contribution in [0.1, 0.15) is 32.1 Å². The van der Waals surface area contributed by atoms with E-state index in [1.807, 2.05) is 0 Å². The Hall–Kier alpha value is -0.570. The lowest BCUT2D eigenvalue weighted by Gasteiger charge is -2.34. The minimum absolute atomic E-state index is 0.172. The highest BCUT2D eigenvalue weighted by molar-refractivity contribution is 5.83. The molecule has 1 amide bonds. The second kappa shape index (κ2) is 3.66. The first-order chi connectivity index (χ1) is 6.33. The summed E-state index contributed by atoms with van der Waals surface area (Å²) in [5, 5.41) is 2.95. The molecule has 2 aliphatic rings. The minimum Gasteiger partial charge on any atom is -0.380 e. The minimum atomic E-state index is -0.172. The van der Waals surface area contributed by atoms with Crippen molar-refractivity contribution in [2.75, 3.05) is 19.8 Å². The molecule has 74 valence electrons. The van der Waals surface area contributed by atoms with Crippen molar-refractivity contribution >= 4 is 5.91 Å². The lowest BCUT2D eigenvalue weighted by Crippen LogP contribution is -2.48.